The predicted molar refractivity (Wildman–Crippen MR) is 153 cm³/mol. The smallest absolute Gasteiger partial charge is 0.408 e. The average Bonchev–Trinajstić information content (AvgIpc) is 3.31. The number of hydrogen-bond donors (Lipinski definition) is 5. The molecule has 1 heterocycles. The monoisotopic (exact) mass is 571 g/mol. The van der Waals surface area contributed by atoms with E-state index in [9.17, 15) is 28.9 Å². The summed E-state index contributed by atoms with van der Waals surface area (Å²) in [7, 11) is -4.15. The van der Waals surface area contributed by atoms with Gasteiger partial charge in [0.1, 0.15) is 18.4 Å². The molecule has 0 aliphatic heterocycles. The molecule has 0 bridgehead atoms. The van der Waals surface area contributed by atoms with Crippen molar-refractivity contribution in [1.82, 2.24) is 15.6 Å². The Morgan fingerprint density at radius 1 is 0.950 bits per heavy atom. The molecular formula is C29H38N3O7P. The molecule has 0 saturated carbocycles. The van der Waals surface area contributed by atoms with Gasteiger partial charge in [-0.1, -0.05) is 76.2 Å². The van der Waals surface area contributed by atoms with Crippen molar-refractivity contribution in [3.63, 3.8) is 0 Å². The van der Waals surface area contributed by atoms with E-state index in [2.05, 4.69) is 15.6 Å². The number of carboxylic acids is 1. The van der Waals surface area contributed by atoms with E-state index in [-0.39, 0.29) is 18.9 Å². The predicted octanol–water partition coefficient (Wildman–Crippen LogP) is 4.73. The molecule has 1 aromatic heterocycles. The highest BCUT2D eigenvalue weighted by Crippen LogP contribution is 2.50. The number of aliphatic carboxylic acids is 1. The van der Waals surface area contributed by atoms with Crippen LogP contribution in [0.15, 0.2) is 60.8 Å². The zero-order valence-corrected chi connectivity index (χ0v) is 24.1. The van der Waals surface area contributed by atoms with Gasteiger partial charge in [-0.05, 0) is 29.0 Å². The van der Waals surface area contributed by atoms with Crippen molar-refractivity contribution >= 4 is 36.2 Å². The zero-order valence-electron chi connectivity index (χ0n) is 23.2. The molecule has 0 aliphatic rings. The van der Waals surface area contributed by atoms with Crippen LogP contribution in [-0.2, 0) is 31.9 Å². The number of benzene rings is 2. The molecule has 0 spiro atoms. The Labute approximate surface area is 234 Å². The summed E-state index contributed by atoms with van der Waals surface area (Å²) in [6, 6.07) is 15.2. The second kappa shape index (κ2) is 13.6. The number of alkyl carbamates (subject to hydrolysis) is 1. The van der Waals surface area contributed by atoms with Gasteiger partial charge in [0.05, 0.1) is 0 Å². The first kappa shape index (κ1) is 30.9. The molecule has 4 atom stereocenters. The molecule has 2 aromatic carbocycles. The Balaban J connectivity index is 1.70. The van der Waals surface area contributed by atoms with Gasteiger partial charge in [-0.3, -0.25) is 9.36 Å². The summed E-state index contributed by atoms with van der Waals surface area (Å²) in [6.07, 6.45) is 0.477. The molecule has 2 amide bonds. The van der Waals surface area contributed by atoms with Crippen LogP contribution in [0.5, 0.6) is 0 Å². The third kappa shape index (κ3) is 8.19. The van der Waals surface area contributed by atoms with Crippen LogP contribution in [0.3, 0.4) is 0 Å². The number of carbonyl (C=O) groups is 3. The summed E-state index contributed by atoms with van der Waals surface area (Å²) >= 11 is 0. The van der Waals surface area contributed by atoms with E-state index in [4.69, 9.17) is 4.74 Å². The third-order valence-electron chi connectivity index (χ3n) is 6.86. The van der Waals surface area contributed by atoms with Gasteiger partial charge in [0.15, 0.2) is 0 Å². The standard InChI is InChI=1S/C29H38N3O7P/c1-18(2)23(26(33)31-25(28(34)35)14-21-15-30-24-13-9-8-12-22(21)24)17-40(37,38)27(19(3)4)32-29(36)39-16-20-10-6-5-7-11-20/h5-13,15,18-19,23,25,27,30H,14,16-17H2,1-4H3,(H,31,33)(H,32,36)(H,34,35)(H,37,38)/t23?,25-,27?/m0/s1. The lowest BCUT2D eigenvalue weighted by Crippen LogP contribution is -2.47. The number of nitrogens with one attached hydrogen (secondary N) is 3. The van der Waals surface area contributed by atoms with Gasteiger partial charge < -0.3 is 30.4 Å². The van der Waals surface area contributed by atoms with E-state index in [0.29, 0.717) is 0 Å². The molecule has 3 aromatic rings. The van der Waals surface area contributed by atoms with Crippen LogP contribution >= 0.6 is 7.37 Å². The number of hydrogen-bond acceptors (Lipinski definition) is 5. The minimum atomic E-state index is -4.15. The maximum atomic E-state index is 13.6. The molecule has 0 aliphatic carbocycles. The Morgan fingerprint density at radius 3 is 2.23 bits per heavy atom. The summed E-state index contributed by atoms with van der Waals surface area (Å²) in [6.45, 7) is 6.84. The van der Waals surface area contributed by atoms with Crippen molar-refractivity contribution in [3.05, 3.63) is 71.9 Å². The minimum absolute atomic E-state index is 0.00273. The van der Waals surface area contributed by atoms with E-state index < -0.39 is 55.2 Å². The number of H-pyrrole nitrogens is 1. The summed E-state index contributed by atoms with van der Waals surface area (Å²) in [5.74, 6) is -4.79. The summed E-state index contributed by atoms with van der Waals surface area (Å²) < 4.78 is 18.8. The molecular weight excluding hydrogens is 533 g/mol. The van der Waals surface area contributed by atoms with Crippen LogP contribution < -0.4 is 10.6 Å². The Bertz CT molecular complexity index is 1360. The molecule has 216 valence electrons. The normalized spacial score (nSPS) is 15.3. The molecule has 11 heteroatoms. The summed E-state index contributed by atoms with van der Waals surface area (Å²) in [4.78, 5) is 52.1. The fraction of sp³-hybridized carbons (Fsp3) is 0.414. The first-order valence-corrected chi connectivity index (χ1v) is 15.2. The highest BCUT2D eigenvalue weighted by Gasteiger charge is 2.40. The number of amides is 2. The average molecular weight is 572 g/mol. The number of aromatic nitrogens is 1. The van der Waals surface area contributed by atoms with Crippen LogP contribution in [0.25, 0.3) is 10.9 Å². The van der Waals surface area contributed by atoms with Gasteiger partial charge in [-0.25, -0.2) is 9.59 Å². The van der Waals surface area contributed by atoms with E-state index in [0.717, 1.165) is 22.0 Å². The molecule has 10 nitrogen and oxygen atoms in total. The maximum Gasteiger partial charge on any atom is 0.408 e. The molecule has 0 radical (unpaired) electrons. The number of para-hydroxylation sites is 1. The zero-order chi connectivity index (χ0) is 29.4. The summed E-state index contributed by atoms with van der Waals surface area (Å²) in [5, 5.41) is 15.8. The Kier molecular flexibility index (Phi) is 10.5. The van der Waals surface area contributed by atoms with Gasteiger partial charge in [-0.15, -0.1) is 0 Å². The second-order valence-electron chi connectivity index (χ2n) is 10.6. The highest BCUT2D eigenvalue weighted by atomic mass is 31.2. The second-order valence-corrected chi connectivity index (χ2v) is 13.1. The van der Waals surface area contributed by atoms with Crippen LogP contribution in [0.1, 0.15) is 38.8 Å². The lowest BCUT2D eigenvalue weighted by atomic mass is 9.96. The number of fused-ring (bicyclic) bond motifs is 1. The van der Waals surface area contributed by atoms with Gasteiger partial charge in [0.2, 0.25) is 13.3 Å². The van der Waals surface area contributed by atoms with Crippen molar-refractivity contribution in [1.29, 1.82) is 0 Å². The van der Waals surface area contributed by atoms with Crippen LogP contribution in [0, 0.1) is 17.8 Å². The number of aromatic amines is 1. The number of carbonyl (C=O) groups excluding carboxylic acids is 2. The minimum Gasteiger partial charge on any atom is -0.480 e. The largest absolute Gasteiger partial charge is 0.480 e. The lowest BCUT2D eigenvalue weighted by Gasteiger charge is -2.31. The maximum absolute atomic E-state index is 13.6. The van der Waals surface area contributed by atoms with Crippen molar-refractivity contribution in [2.75, 3.05) is 6.16 Å². The van der Waals surface area contributed by atoms with Crippen LogP contribution in [0.2, 0.25) is 0 Å². The fourth-order valence-corrected chi connectivity index (χ4v) is 7.23. The lowest BCUT2D eigenvalue weighted by molar-refractivity contribution is -0.142. The SMILES string of the molecule is CC(C)C(CP(=O)(O)C(NC(=O)OCc1ccccc1)C(C)C)C(=O)N[C@@H](Cc1c[nH]c2ccccc12)C(=O)O. The molecule has 3 unspecified atom stereocenters. The van der Waals surface area contributed by atoms with Gasteiger partial charge in [0, 0.05) is 35.6 Å². The van der Waals surface area contributed by atoms with E-state index in [1.165, 1.54) is 0 Å². The fourth-order valence-electron chi connectivity index (χ4n) is 4.61. The van der Waals surface area contributed by atoms with Gasteiger partial charge in [0.25, 0.3) is 0 Å². The molecule has 3 rings (SSSR count). The first-order chi connectivity index (χ1) is 18.9. The number of ether oxygens (including phenoxy) is 1. The molecule has 0 fully saturated rings. The number of carboxylic acid groups (broad SMARTS) is 1. The van der Waals surface area contributed by atoms with Crippen LogP contribution in [-0.4, -0.2) is 50.9 Å². The van der Waals surface area contributed by atoms with Crippen LogP contribution in [0.4, 0.5) is 4.79 Å². The number of rotatable bonds is 13. The van der Waals surface area contributed by atoms with Gasteiger partial charge in [-0.2, -0.15) is 0 Å². The van der Waals surface area contributed by atoms with E-state index >= 15 is 0 Å². The van der Waals surface area contributed by atoms with Crippen molar-refractivity contribution in [3.8, 4) is 0 Å². The van der Waals surface area contributed by atoms with Crippen molar-refractivity contribution in [2.45, 2.75) is 52.5 Å². The van der Waals surface area contributed by atoms with E-state index in [1.807, 2.05) is 42.5 Å². The van der Waals surface area contributed by atoms with Crippen molar-refractivity contribution in [2.24, 2.45) is 17.8 Å². The molecule has 5 N–H and O–H groups in total. The topological polar surface area (TPSA) is 158 Å². The Hall–Kier alpha value is -3.62. The Morgan fingerprint density at radius 2 is 1.60 bits per heavy atom. The first-order valence-electron chi connectivity index (χ1n) is 13.3. The van der Waals surface area contributed by atoms with E-state index in [1.54, 1.807) is 46.0 Å². The molecule has 0 saturated heterocycles. The quantitative estimate of drug-likeness (QED) is 0.186. The third-order valence-corrected chi connectivity index (χ3v) is 9.37. The molecule has 40 heavy (non-hydrogen) atoms. The van der Waals surface area contributed by atoms with Crippen molar-refractivity contribution < 1.29 is 33.7 Å². The highest BCUT2D eigenvalue weighted by molar-refractivity contribution is 7.58. The summed E-state index contributed by atoms with van der Waals surface area (Å²) in [5.41, 5.74) is 2.35. The van der Waals surface area contributed by atoms with Gasteiger partial charge >= 0.3 is 12.1 Å².